The fourth-order valence-electron chi connectivity index (χ4n) is 3.09. The molecule has 2 unspecified atom stereocenters. The van der Waals surface area contributed by atoms with Gasteiger partial charge in [-0.1, -0.05) is 42.5 Å². The molecule has 0 radical (unpaired) electrons. The highest BCUT2D eigenvalue weighted by molar-refractivity contribution is 5.99. The van der Waals surface area contributed by atoms with Crippen molar-refractivity contribution in [2.24, 2.45) is 11.8 Å². The molecule has 1 saturated carbocycles. The molecule has 0 saturated heterocycles. The summed E-state index contributed by atoms with van der Waals surface area (Å²) >= 11 is 0. The van der Waals surface area contributed by atoms with Crippen molar-refractivity contribution < 1.29 is 9.59 Å². The molecule has 0 bridgehead atoms. The Morgan fingerprint density at radius 2 is 1.76 bits per heavy atom. The van der Waals surface area contributed by atoms with Crippen molar-refractivity contribution >= 4 is 17.5 Å². The fraction of sp³-hybridized carbons (Fsp3) is 0.333. The van der Waals surface area contributed by atoms with Crippen molar-refractivity contribution in [2.75, 3.05) is 12.4 Å². The Kier molecular flexibility index (Phi) is 4.88. The fourth-order valence-corrected chi connectivity index (χ4v) is 3.09. The van der Waals surface area contributed by atoms with E-state index in [1.807, 2.05) is 62.4 Å². The van der Waals surface area contributed by atoms with Crippen LogP contribution in [0, 0.1) is 25.7 Å². The van der Waals surface area contributed by atoms with Crippen LogP contribution in [-0.2, 0) is 16.1 Å². The van der Waals surface area contributed by atoms with Crippen LogP contribution in [-0.4, -0.2) is 23.8 Å². The Morgan fingerprint density at radius 3 is 2.48 bits per heavy atom. The van der Waals surface area contributed by atoms with Gasteiger partial charge in [0.25, 0.3) is 0 Å². The molecule has 1 aliphatic carbocycles. The first-order valence-electron chi connectivity index (χ1n) is 8.63. The van der Waals surface area contributed by atoms with Gasteiger partial charge in [-0.2, -0.15) is 0 Å². The Morgan fingerprint density at radius 1 is 1.04 bits per heavy atom. The van der Waals surface area contributed by atoms with Crippen LogP contribution in [0.5, 0.6) is 0 Å². The van der Waals surface area contributed by atoms with Gasteiger partial charge in [-0.25, -0.2) is 0 Å². The van der Waals surface area contributed by atoms with E-state index in [-0.39, 0.29) is 23.7 Å². The van der Waals surface area contributed by atoms with Gasteiger partial charge in [-0.3, -0.25) is 9.59 Å². The molecule has 3 rings (SSSR count). The third-order valence-corrected chi connectivity index (χ3v) is 4.95. The number of rotatable bonds is 5. The molecule has 2 aromatic carbocycles. The summed E-state index contributed by atoms with van der Waals surface area (Å²) in [6.07, 6.45) is 0.634. The zero-order chi connectivity index (χ0) is 18.0. The van der Waals surface area contributed by atoms with E-state index >= 15 is 0 Å². The summed E-state index contributed by atoms with van der Waals surface area (Å²) in [4.78, 5) is 26.7. The molecule has 4 heteroatoms. The predicted molar refractivity (Wildman–Crippen MR) is 99.1 cm³/mol. The van der Waals surface area contributed by atoms with Gasteiger partial charge in [0, 0.05) is 19.3 Å². The molecule has 0 aliphatic heterocycles. The van der Waals surface area contributed by atoms with Crippen LogP contribution in [0.2, 0.25) is 0 Å². The molecular formula is C21H24N2O2. The van der Waals surface area contributed by atoms with Gasteiger partial charge in [0.1, 0.15) is 0 Å². The lowest BCUT2D eigenvalue weighted by Crippen LogP contribution is -2.29. The minimum atomic E-state index is -0.217. The Labute approximate surface area is 148 Å². The van der Waals surface area contributed by atoms with Crippen molar-refractivity contribution in [1.82, 2.24) is 4.90 Å². The molecule has 1 N–H and O–H groups in total. The maximum atomic E-state index is 12.5. The zero-order valence-electron chi connectivity index (χ0n) is 15.0. The number of nitrogens with zero attached hydrogens (tertiary/aromatic N) is 1. The van der Waals surface area contributed by atoms with Gasteiger partial charge in [0.05, 0.1) is 11.8 Å². The summed E-state index contributed by atoms with van der Waals surface area (Å²) < 4.78 is 0. The molecule has 1 aliphatic rings. The first-order valence-corrected chi connectivity index (χ1v) is 8.63. The number of hydrogen-bond acceptors (Lipinski definition) is 2. The Hall–Kier alpha value is -2.62. The molecule has 2 amide bonds. The van der Waals surface area contributed by atoms with Gasteiger partial charge in [-0.15, -0.1) is 0 Å². The highest BCUT2D eigenvalue weighted by Gasteiger charge is 2.49. The maximum absolute atomic E-state index is 12.5. The number of aryl methyl sites for hydroxylation is 1. The predicted octanol–water partition coefficient (Wildman–Crippen LogP) is 3.54. The summed E-state index contributed by atoms with van der Waals surface area (Å²) in [5.41, 5.74) is 4.14. The maximum Gasteiger partial charge on any atom is 0.228 e. The lowest BCUT2D eigenvalue weighted by atomic mass is 10.1. The van der Waals surface area contributed by atoms with E-state index in [1.165, 1.54) is 0 Å². The SMILES string of the molecule is Cc1cccc(NC(=O)C2CC2C(=O)N(C)Cc2ccccc2)c1C. The average molecular weight is 336 g/mol. The second kappa shape index (κ2) is 7.09. The molecular weight excluding hydrogens is 312 g/mol. The van der Waals surface area contributed by atoms with Crippen LogP contribution in [0.15, 0.2) is 48.5 Å². The third-order valence-electron chi connectivity index (χ3n) is 4.95. The number of carbonyl (C=O) groups excluding carboxylic acids is 2. The summed E-state index contributed by atoms with van der Waals surface area (Å²) in [6.45, 7) is 4.59. The van der Waals surface area contributed by atoms with Crippen LogP contribution < -0.4 is 5.32 Å². The van der Waals surface area contributed by atoms with E-state index in [0.717, 1.165) is 22.4 Å². The molecule has 130 valence electrons. The highest BCUT2D eigenvalue weighted by atomic mass is 16.2. The van der Waals surface area contributed by atoms with Crippen LogP contribution in [0.25, 0.3) is 0 Å². The minimum Gasteiger partial charge on any atom is -0.341 e. The number of nitrogens with one attached hydrogen (secondary N) is 1. The number of benzene rings is 2. The monoisotopic (exact) mass is 336 g/mol. The summed E-state index contributed by atoms with van der Waals surface area (Å²) in [5, 5.41) is 2.98. The lowest BCUT2D eigenvalue weighted by molar-refractivity contribution is -0.133. The first-order chi connectivity index (χ1) is 12.0. The van der Waals surface area contributed by atoms with Crippen molar-refractivity contribution in [2.45, 2.75) is 26.8 Å². The molecule has 2 atom stereocenters. The highest BCUT2D eigenvalue weighted by Crippen LogP contribution is 2.41. The van der Waals surface area contributed by atoms with Gasteiger partial charge >= 0.3 is 0 Å². The van der Waals surface area contributed by atoms with Gasteiger partial charge in [0.2, 0.25) is 11.8 Å². The van der Waals surface area contributed by atoms with E-state index in [4.69, 9.17) is 0 Å². The lowest BCUT2D eigenvalue weighted by Gasteiger charge is -2.17. The van der Waals surface area contributed by atoms with Crippen molar-refractivity contribution in [3.8, 4) is 0 Å². The van der Waals surface area contributed by atoms with Crippen molar-refractivity contribution in [3.05, 3.63) is 65.2 Å². The number of amides is 2. The molecule has 2 aromatic rings. The van der Waals surface area contributed by atoms with E-state index in [1.54, 1.807) is 11.9 Å². The van der Waals surface area contributed by atoms with Crippen molar-refractivity contribution in [3.63, 3.8) is 0 Å². The van der Waals surface area contributed by atoms with Gasteiger partial charge in [0.15, 0.2) is 0 Å². The first kappa shape index (κ1) is 17.2. The minimum absolute atomic E-state index is 0.0463. The van der Waals surface area contributed by atoms with Crippen LogP contribution in [0.3, 0.4) is 0 Å². The molecule has 1 fully saturated rings. The number of hydrogen-bond donors (Lipinski definition) is 1. The molecule has 0 spiro atoms. The Bertz CT molecular complexity index is 786. The smallest absolute Gasteiger partial charge is 0.228 e. The molecule has 25 heavy (non-hydrogen) atoms. The van der Waals surface area contributed by atoms with Crippen molar-refractivity contribution in [1.29, 1.82) is 0 Å². The second-order valence-corrected chi connectivity index (χ2v) is 6.87. The summed E-state index contributed by atoms with van der Waals surface area (Å²) in [6, 6.07) is 15.7. The standard InChI is InChI=1S/C21H24N2O2/c1-14-8-7-11-19(15(14)2)22-20(24)17-12-18(17)21(25)23(3)13-16-9-5-4-6-10-16/h4-11,17-18H,12-13H2,1-3H3,(H,22,24). The molecule has 4 nitrogen and oxygen atoms in total. The van der Waals surface area contributed by atoms with Crippen LogP contribution >= 0.6 is 0 Å². The quantitative estimate of drug-likeness (QED) is 0.908. The summed E-state index contributed by atoms with van der Waals surface area (Å²) in [7, 11) is 1.80. The van der Waals surface area contributed by atoms with E-state index in [0.29, 0.717) is 13.0 Å². The molecule has 0 heterocycles. The topological polar surface area (TPSA) is 49.4 Å². The van der Waals surface area contributed by atoms with Crippen LogP contribution in [0.1, 0.15) is 23.1 Å². The van der Waals surface area contributed by atoms with E-state index in [9.17, 15) is 9.59 Å². The van der Waals surface area contributed by atoms with E-state index < -0.39 is 0 Å². The van der Waals surface area contributed by atoms with Gasteiger partial charge < -0.3 is 10.2 Å². The number of anilines is 1. The summed E-state index contributed by atoms with van der Waals surface area (Å²) in [5.74, 6) is -0.422. The van der Waals surface area contributed by atoms with E-state index in [2.05, 4.69) is 5.32 Å². The second-order valence-electron chi connectivity index (χ2n) is 6.87. The number of carbonyl (C=O) groups is 2. The molecule has 0 aromatic heterocycles. The normalized spacial score (nSPS) is 18.5. The third kappa shape index (κ3) is 3.90. The zero-order valence-corrected chi connectivity index (χ0v) is 15.0. The average Bonchev–Trinajstić information content (AvgIpc) is 3.40. The van der Waals surface area contributed by atoms with Gasteiger partial charge in [-0.05, 0) is 43.0 Å². The largest absolute Gasteiger partial charge is 0.341 e. The Balaban J connectivity index is 1.57. The van der Waals surface area contributed by atoms with Crippen LogP contribution in [0.4, 0.5) is 5.69 Å².